The molecule has 0 N–H and O–H groups in total. The summed E-state index contributed by atoms with van der Waals surface area (Å²) in [4.78, 5) is 19.4. The molecular weight excluding hydrogens is 342 g/mol. The van der Waals surface area contributed by atoms with Crippen LogP contribution in [0.15, 0.2) is 18.3 Å². The van der Waals surface area contributed by atoms with Crippen LogP contribution in [0, 0.1) is 0 Å². The summed E-state index contributed by atoms with van der Waals surface area (Å²) in [5, 5.41) is 1.03. The lowest BCUT2D eigenvalue weighted by molar-refractivity contribution is 0.0837. The Labute approximate surface area is 159 Å². The Hall–Kier alpha value is -1.99. The van der Waals surface area contributed by atoms with Crippen molar-refractivity contribution < 1.29 is 9.47 Å². The van der Waals surface area contributed by atoms with E-state index in [1.807, 2.05) is 12.3 Å². The molecule has 5 rings (SSSR count). The first kappa shape index (κ1) is 17.1. The van der Waals surface area contributed by atoms with Gasteiger partial charge in [-0.15, -0.1) is 0 Å². The number of rotatable bonds is 4. The van der Waals surface area contributed by atoms with E-state index in [4.69, 9.17) is 19.4 Å². The molecule has 1 saturated carbocycles. The molecule has 0 spiro atoms. The van der Waals surface area contributed by atoms with Gasteiger partial charge in [-0.05, 0) is 44.7 Å². The second-order valence-corrected chi connectivity index (χ2v) is 7.82. The molecule has 2 saturated heterocycles. The van der Waals surface area contributed by atoms with E-state index in [9.17, 15) is 0 Å². The SMILES string of the molecule is C[C@H]1COCCN1c1nc(N(C2CCOCC2)C2CC2)nc2ncccc12. The maximum atomic E-state index is 5.64. The molecule has 0 bridgehead atoms. The van der Waals surface area contributed by atoms with Crippen molar-refractivity contribution in [2.24, 2.45) is 0 Å². The molecule has 2 aromatic heterocycles. The van der Waals surface area contributed by atoms with E-state index >= 15 is 0 Å². The number of aromatic nitrogens is 3. The molecule has 0 unspecified atom stereocenters. The Balaban J connectivity index is 1.59. The van der Waals surface area contributed by atoms with E-state index in [2.05, 4.69) is 27.8 Å². The smallest absolute Gasteiger partial charge is 0.229 e. The topological polar surface area (TPSA) is 63.6 Å². The highest BCUT2D eigenvalue weighted by Crippen LogP contribution is 2.36. The first-order valence-corrected chi connectivity index (χ1v) is 10.1. The summed E-state index contributed by atoms with van der Waals surface area (Å²) < 4.78 is 11.2. The van der Waals surface area contributed by atoms with Gasteiger partial charge in [-0.1, -0.05) is 0 Å². The third-order valence-electron chi connectivity index (χ3n) is 5.83. The summed E-state index contributed by atoms with van der Waals surface area (Å²) in [5.41, 5.74) is 0.786. The molecule has 3 fully saturated rings. The number of nitrogens with zero attached hydrogens (tertiary/aromatic N) is 5. The van der Waals surface area contributed by atoms with Gasteiger partial charge in [0.15, 0.2) is 5.65 Å². The van der Waals surface area contributed by atoms with E-state index in [0.717, 1.165) is 68.6 Å². The summed E-state index contributed by atoms with van der Waals surface area (Å²) in [5.74, 6) is 1.83. The molecular formula is C20H27N5O2. The molecule has 7 heteroatoms. The van der Waals surface area contributed by atoms with Crippen LogP contribution in [0.1, 0.15) is 32.6 Å². The van der Waals surface area contributed by atoms with Gasteiger partial charge in [-0.25, -0.2) is 4.98 Å². The van der Waals surface area contributed by atoms with Gasteiger partial charge in [-0.2, -0.15) is 9.97 Å². The minimum atomic E-state index is 0.294. The van der Waals surface area contributed by atoms with Gasteiger partial charge in [0.25, 0.3) is 0 Å². The number of ether oxygens (including phenoxy) is 2. The minimum absolute atomic E-state index is 0.294. The molecule has 4 heterocycles. The number of morpholine rings is 1. The lowest BCUT2D eigenvalue weighted by Gasteiger charge is -2.37. The third kappa shape index (κ3) is 3.34. The maximum absolute atomic E-state index is 5.64. The second-order valence-electron chi connectivity index (χ2n) is 7.82. The summed E-state index contributed by atoms with van der Waals surface area (Å²) in [7, 11) is 0. The summed E-state index contributed by atoms with van der Waals surface area (Å²) >= 11 is 0. The van der Waals surface area contributed by atoms with Gasteiger partial charge in [0.2, 0.25) is 5.95 Å². The molecule has 27 heavy (non-hydrogen) atoms. The Bertz CT molecular complexity index is 806. The van der Waals surface area contributed by atoms with E-state index in [1.165, 1.54) is 12.8 Å². The average molecular weight is 369 g/mol. The van der Waals surface area contributed by atoms with Crippen LogP contribution >= 0.6 is 0 Å². The summed E-state index contributed by atoms with van der Waals surface area (Å²) in [6.45, 7) is 6.16. The van der Waals surface area contributed by atoms with Gasteiger partial charge < -0.3 is 19.3 Å². The molecule has 3 aliphatic rings. The summed E-state index contributed by atoms with van der Waals surface area (Å²) in [6.07, 6.45) is 6.36. The van der Waals surface area contributed by atoms with Gasteiger partial charge in [-0.3, -0.25) is 0 Å². The predicted octanol–water partition coefficient (Wildman–Crippen LogP) is 2.40. The van der Waals surface area contributed by atoms with Crippen LogP contribution in [-0.2, 0) is 9.47 Å². The lowest BCUT2D eigenvalue weighted by atomic mass is 10.1. The normalized spacial score (nSPS) is 24.3. The fourth-order valence-corrected chi connectivity index (χ4v) is 4.25. The van der Waals surface area contributed by atoms with E-state index in [1.54, 1.807) is 0 Å². The number of pyridine rings is 1. The van der Waals surface area contributed by atoms with Crippen molar-refractivity contribution in [2.75, 3.05) is 42.8 Å². The van der Waals surface area contributed by atoms with Crippen LogP contribution in [-0.4, -0.2) is 66.0 Å². The number of fused-ring (bicyclic) bond motifs is 1. The quantitative estimate of drug-likeness (QED) is 0.820. The Morgan fingerprint density at radius 3 is 2.63 bits per heavy atom. The molecule has 0 amide bonds. The molecule has 0 aromatic carbocycles. The van der Waals surface area contributed by atoms with Crippen LogP contribution in [0.2, 0.25) is 0 Å². The number of hydrogen-bond acceptors (Lipinski definition) is 7. The van der Waals surface area contributed by atoms with E-state index in [0.29, 0.717) is 18.1 Å². The molecule has 2 aromatic rings. The van der Waals surface area contributed by atoms with Crippen LogP contribution in [0.4, 0.5) is 11.8 Å². The highest BCUT2D eigenvalue weighted by molar-refractivity contribution is 5.88. The first-order valence-electron chi connectivity index (χ1n) is 10.1. The minimum Gasteiger partial charge on any atom is -0.381 e. The highest BCUT2D eigenvalue weighted by Gasteiger charge is 2.37. The van der Waals surface area contributed by atoms with E-state index < -0.39 is 0 Å². The Morgan fingerprint density at radius 1 is 1.04 bits per heavy atom. The van der Waals surface area contributed by atoms with Crippen molar-refractivity contribution in [3.8, 4) is 0 Å². The van der Waals surface area contributed by atoms with Gasteiger partial charge in [0, 0.05) is 38.0 Å². The maximum Gasteiger partial charge on any atom is 0.229 e. The van der Waals surface area contributed by atoms with Crippen molar-refractivity contribution in [3.63, 3.8) is 0 Å². The van der Waals surface area contributed by atoms with Crippen LogP contribution in [0.25, 0.3) is 11.0 Å². The molecule has 144 valence electrons. The van der Waals surface area contributed by atoms with Gasteiger partial charge in [0.1, 0.15) is 5.82 Å². The zero-order valence-electron chi connectivity index (χ0n) is 15.9. The van der Waals surface area contributed by atoms with Crippen molar-refractivity contribution >= 4 is 22.8 Å². The number of hydrogen-bond donors (Lipinski definition) is 0. The monoisotopic (exact) mass is 369 g/mol. The van der Waals surface area contributed by atoms with Crippen molar-refractivity contribution in [1.29, 1.82) is 0 Å². The highest BCUT2D eigenvalue weighted by atomic mass is 16.5. The van der Waals surface area contributed by atoms with Gasteiger partial charge in [0.05, 0.1) is 24.6 Å². The Kier molecular flexibility index (Phi) is 4.57. The number of anilines is 2. The predicted molar refractivity (Wildman–Crippen MR) is 104 cm³/mol. The van der Waals surface area contributed by atoms with Crippen LogP contribution in [0.3, 0.4) is 0 Å². The molecule has 2 aliphatic heterocycles. The zero-order valence-corrected chi connectivity index (χ0v) is 15.9. The summed E-state index contributed by atoms with van der Waals surface area (Å²) in [6, 6.07) is 5.37. The van der Waals surface area contributed by atoms with Crippen molar-refractivity contribution in [1.82, 2.24) is 15.0 Å². The molecule has 0 radical (unpaired) electrons. The fourth-order valence-electron chi connectivity index (χ4n) is 4.25. The van der Waals surface area contributed by atoms with E-state index in [-0.39, 0.29) is 0 Å². The second kappa shape index (κ2) is 7.20. The average Bonchev–Trinajstić information content (AvgIpc) is 3.54. The third-order valence-corrected chi connectivity index (χ3v) is 5.83. The molecule has 1 aliphatic carbocycles. The van der Waals surface area contributed by atoms with Crippen molar-refractivity contribution in [2.45, 2.75) is 50.7 Å². The lowest BCUT2D eigenvalue weighted by Crippen LogP contribution is -2.45. The van der Waals surface area contributed by atoms with Gasteiger partial charge >= 0.3 is 0 Å². The molecule has 1 atom stereocenters. The first-order chi connectivity index (χ1) is 13.3. The van der Waals surface area contributed by atoms with Crippen LogP contribution in [0.5, 0.6) is 0 Å². The van der Waals surface area contributed by atoms with Crippen LogP contribution < -0.4 is 9.80 Å². The zero-order chi connectivity index (χ0) is 18.2. The largest absolute Gasteiger partial charge is 0.381 e. The fraction of sp³-hybridized carbons (Fsp3) is 0.650. The standard InChI is InChI=1S/C20H27N5O2/c1-14-13-27-12-9-24(14)19-17-3-2-8-21-18(17)22-20(23-19)25(15-4-5-15)16-6-10-26-11-7-16/h2-3,8,14-16H,4-7,9-13H2,1H3/t14-/m0/s1. The molecule has 7 nitrogen and oxygen atoms in total. The van der Waals surface area contributed by atoms with Crippen molar-refractivity contribution in [3.05, 3.63) is 18.3 Å². The Morgan fingerprint density at radius 2 is 1.85 bits per heavy atom.